The molecule has 0 amide bonds. The van der Waals surface area contributed by atoms with Crippen LogP contribution in [-0.2, 0) is 0 Å². The van der Waals surface area contributed by atoms with Gasteiger partial charge in [0.2, 0.25) is 0 Å². The lowest BCUT2D eigenvalue weighted by molar-refractivity contribution is 1.18. The predicted molar refractivity (Wildman–Crippen MR) is 58.9 cm³/mol. The van der Waals surface area contributed by atoms with Crippen molar-refractivity contribution in [2.75, 3.05) is 11.1 Å². The first kappa shape index (κ1) is 10.5. The lowest BCUT2D eigenvalue weighted by Crippen LogP contribution is -1.94. The average Bonchev–Trinajstić information content (AvgIpc) is 2.12. The van der Waals surface area contributed by atoms with E-state index in [1.54, 1.807) is 6.20 Å². The number of nitrogens with zero attached hydrogens (tertiary/aromatic N) is 2. The third-order valence-corrected chi connectivity index (χ3v) is 2.07. The largest absolute Gasteiger partial charge is 0.381 e. The van der Waals surface area contributed by atoms with Crippen molar-refractivity contribution in [1.82, 2.24) is 9.97 Å². The van der Waals surface area contributed by atoms with Crippen LogP contribution in [0, 0.1) is 0 Å². The molecule has 0 aliphatic carbocycles. The van der Waals surface area contributed by atoms with E-state index in [0.717, 1.165) is 17.4 Å². The van der Waals surface area contributed by atoms with Crippen LogP contribution >= 0.6 is 27.5 Å². The average molecular weight is 263 g/mol. The number of anilines is 1. The Kier molecular flexibility index (Phi) is 4.18. The minimum absolute atomic E-state index is 0.251. The maximum atomic E-state index is 5.68. The standard InChI is InChI=1S/C8H9BrClN3/c9-4-2-1-3-6-5-12-8(11)7(10)13-6/h1,3,5H,2,4H2,(H2,11,12). The van der Waals surface area contributed by atoms with Gasteiger partial charge in [-0.2, -0.15) is 0 Å². The van der Waals surface area contributed by atoms with Crippen LogP contribution in [0.2, 0.25) is 5.15 Å². The fourth-order valence-electron chi connectivity index (χ4n) is 0.736. The molecule has 0 aromatic carbocycles. The van der Waals surface area contributed by atoms with Gasteiger partial charge in [-0.3, -0.25) is 0 Å². The topological polar surface area (TPSA) is 51.8 Å². The molecule has 5 heteroatoms. The second-order valence-electron chi connectivity index (χ2n) is 2.35. The predicted octanol–water partition coefficient (Wildman–Crippen LogP) is 2.51. The van der Waals surface area contributed by atoms with E-state index in [9.17, 15) is 0 Å². The third kappa shape index (κ3) is 3.32. The molecule has 0 atom stereocenters. The first-order chi connectivity index (χ1) is 6.24. The van der Waals surface area contributed by atoms with Gasteiger partial charge in [-0.15, -0.1) is 0 Å². The summed E-state index contributed by atoms with van der Waals surface area (Å²) < 4.78 is 0. The number of halogens is 2. The van der Waals surface area contributed by atoms with Crippen LogP contribution in [0.15, 0.2) is 12.3 Å². The van der Waals surface area contributed by atoms with Gasteiger partial charge in [-0.25, -0.2) is 9.97 Å². The van der Waals surface area contributed by atoms with Gasteiger partial charge in [-0.1, -0.05) is 33.6 Å². The Balaban J connectivity index is 2.73. The number of allylic oxidation sites excluding steroid dienone is 1. The fraction of sp³-hybridized carbons (Fsp3) is 0.250. The number of nitrogen functional groups attached to an aromatic ring is 1. The van der Waals surface area contributed by atoms with Crippen LogP contribution < -0.4 is 5.73 Å². The molecule has 1 heterocycles. The SMILES string of the molecule is Nc1ncc(C=CCCBr)nc1Cl. The number of nitrogens with two attached hydrogens (primary N) is 1. The van der Waals surface area contributed by atoms with Crippen LogP contribution in [0.5, 0.6) is 0 Å². The molecular weight excluding hydrogens is 253 g/mol. The first-order valence-electron chi connectivity index (χ1n) is 3.74. The van der Waals surface area contributed by atoms with Crippen LogP contribution in [0.3, 0.4) is 0 Å². The quantitative estimate of drug-likeness (QED) is 0.852. The van der Waals surface area contributed by atoms with Gasteiger partial charge >= 0.3 is 0 Å². The Morgan fingerprint density at radius 3 is 3.00 bits per heavy atom. The van der Waals surface area contributed by atoms with Crippen molar-refractivity contribution in [2.24, 2.45) is 0 Å². The minimum Gasteiger partial charge on any atom is -0.381 e. The molecule has 1 aromatic heterocycles. The Labute approximate surface area is 90.2 Å². The Hall–Kier alpha value is -0.610. The summed E-state index contributed by atoms with van der Waals surface area (Å²) in [7, 11) is 0. The van der Waals surface area contributed by atoms with E-state index in [1.165, 1.54) is 0 Å². The molecule has 70 valence electrons. The first-order valence-corrected chi connectivity index (χ1v) is 5.24. The number of hydrogen-bond donors (Lipinski definition) is 1. The Bertz CT molecular complexity index is 314. The molecule has 0 aliphatic rings. The zero-order valence-corrected chi connectivity index (χ0v) is 9.22. The number of alkyl halides is 1. The molecule has 0 radical (unpaired) electrons. The highest BCUT2D eigenvalue weighted by Gasteiger charge is 1.97. The summed E-state index contributed by atoms with van der Waals surface area (Å²) in [5.74, 6) is 0.263. The van der Waals surface area contributed by atoms with Gasteiger partial charge in [0.15, 0.2) is 11.0 Å². The fourth-order valence-corrected chi connectivity index (χ4v) is 1.15. The molecular formula is C8H9BrClN3. The molecule has 0 aliphatic heterocycles. The summed E-state index contributed by atoms with van der Waals surface area (Å²) >= 11 is 9.00. The molecule has 0 saturated heterocycles. The van der Waals surface area contributed by atoms with Crippen molar-refractivity contribution in [3.05, 3.63) is 23.1 Å². The Morgan fingerprint density at radius 1 is 1.62 bits per heavy atom. The van der Waals surface area contributed by atoms with E-state index in [0.29, 0.717) is 0 Å². The summed E-state index contributed by atoms with van der Waals surface area (Å²) in [6, 6.07) is 0. The molecule has 0 unspecified atom stereocenters. The summed E-state index contributed by atoms with van der Waals surface area (Å²) in [6.07, 6.45) is 6.39. The van der Waals surface area contributed by atoms with Crippen molar-refractivity contribution in [2.45, 2.75) is 6.42 Å². The molecule has 3 nitrogen and oxygen atoms in total. The van der Waals surface area contributed by atoms with Crippen molar-refractivity contribution in [3.8, 4) is 0 Å². The molecule has 13 heavy (non-hydrogen) atoms. The molecule has 2 N–H and O–H groups in total. The van der Waals surface area contributed by atoms with Gasteiger partial charge in [0.25, 0.3) is 0 Å². The molecule has 0 spiro atoms. The summed E-state index contributed by atoms with van der Waals surface area (Å²) in [6.45, 7) is 0. The normalized spacial score (nSPS) is 10.9. The van der Waals surface area contributed by atoms with Gasteiger partial charge in [0.1, 0.15) is 0 Å². The van der Waals surface area contributed by atoms with Crippen molar-refractivity contribution >= 4 is 39.4 Å². The van der Waals surface area contributed by atoms with Crippen molar-refractivity contribution in [1.29, 1.82) is 0 Å². The van der Waals surface area contributed by atoms with Crippen LogP contribution in [0.1, 0.15) is 12.1 Å². The number of rotatable bonds is 3. The van der Waals surface area contributed by atoms with Crippen molar-refractivity contribution in [3.63, 3.8) is 0 Å². The van der Waals surface area contributed by atoms with Gasteiger partial charge < -0.3 is 5.73 Å². The van der Waals surface area contributed by atoms with E-state index in [4.69, 9.17) is 17.3 Å². The molecule has 0 fully saturated rings. The maximum absolute atomic E-state index is 5.68. The highest BCUT2D eigenvalue weighted by Crippen LogP contribution is 2.12. The molecule has 0 saturated carbocycles. The molecule has 1 aromatic rings. The smallest absolute Gasteiger partial charge is 0.171 e. The number of aromatic nitrogens is 2. The monoisotopic (exact) mass is 261 g/mol. The molecule has 1 rings (SSSR count). The van der Waals surface area contributed by atoms with Crippen molar-refractivity contribution < 1.29 is 0 Å². The zero-order valence-electron chi connectivity index (χ0n) is 6.87. The van der Waals surface area contributed by atoms with E-state index < -0.39 is 0 Å². The lowest BCUT2D eigenvalue weighted by Gasteiger charge is -1.96. The van der Waals surface area contributed by atoms with Gasteiger partial charge in [0, 0.05) is 5.33 Å². The third-order valence-electron chi connectivity index (χ3n) is 1.34. The van der Waals surface area contributed by atoms with Gasteiger partial charge in [0.05, 0.1) is 11.9 Å². The molecule has 0 bridgehead atoms. The summed E-state index contributed by atoms with van der Waals surface area (Å²) in [5, 5.41) is 1.18. The second kappa shape index (κ2) is 5.19. The van der Waals surface area contributed by atoms with E-state index >= 15 is 0 Å². The second-order valence-corrected chi connectivity index (χ2v) is 3.50. The van der Waals surface area contributed by atoms with Gasteiger partial charge in [-0.05, 0) is 12.5 Å². The van der Waals surface area contributed by atoms with E-state index in [1.807, 2.05) is 12.2 Å². The Morgan fingerprint density at radius 2 is 2.38 bits per heavy atom. The maximum Gasteiger partial charge on any atom is 0.171 e. The minimum atomic E-state index is 0.251. The highest BCUT2D eigenvalue weighted by atomic mass is 79.9. The summed E-state index contributed by atoms with van der Waals surface area (Å²) in [5.41, 5.74) is 6.13. The van der Waals surface area contributed by atoms with Crippen LogP contribution in [0.25, 0.3) is 6.08 Å². The van der Waals surface area contributed by atoms with E-state index in [2.05, 4.69) is 25.9 Å². The number of hydrogen-bond acceptors (Lipinski definition) is 3. The summed E-state index contributed by atoms with van der Waals surface area (Å²) in [4.78, 5) is 7.90. The highest BCUT2D eigenvalue weighted by molar-refractivity contribution is 9.09. The van der Waals surface area contributed by atoms with Crippen LogP contribution in [-0.4, -0.2) is 15.3 Å². The zero-order chi connectivity index (χ0) is 9.68. The van der Waals surface area contributed by atoms with Crippen LogP contribution in [0.4, 0.5) is 5.82 Å². The van der Waals surface area contributed by atoms with E-state index in [-0.39, 0.29) is 11.0 Å². The lowest BCUT2D eigenvalue weighted by atomic mass is 10.3.